The number of aromatic nitrogens is 3. The molecule has 0 aromatic carbocycles. The number of amides is 1. The van der Waals surface area contributed by atoms with Gasteiger partial charge in [-0.25, -0.2) is 9.67 Å². The maximum Gasteiger partial charge on any atom is 0.255 e. The van der Waals surface area contributed by atoms with Crippen LogP contribution in [0, 0.1) is 0 Å². The first-order valence-corrected chi connectivity index (χ1v) is 7.73. The SMILES string of the molecule is CC1CN(C(=O)c2cnc3c(cnn3C(C)C)c2)C(C)CO1. The summed E-state index contributed by atoms with van der Waals surface area (Å²) in [7, 11) is 0. The number of fused-ring (bicyclic) bond motifs is 1. The largest absolute Gasteiger partial charge is 0.375 e. The van der Waals surface area contributed by atoms with Gasteiger partial charge in [0.25, 0.3) is 5.91 Å². The highest BCUT2D eigenvalue weighted by molar-refractivity contribution is 5.97. The number of hydrogen-bond acceptors (Lipinski definition) is 4. The number of rotatable bonds is 2. The molecule has 6 nitrogen and oxygen atoms in total. The van der Waals surface area contributed by atoms with Crippen LogP contribution in [0.3, 0.4) is 0 Å². The third-order valence-electron chi connectivity index (χ3n) is 4.04. The minimum Gasteiger partial charge on any atom is -0.375 e. The zero-order chi connectivity index (χ0) is 15.9. The quantitative estimate of drug-likeness (QED) is 0.854. The number of nitrogens with zero attached hydrogens (tertiary/aromatic N) is 4. The molecule has 3 heterocycles. The molecule has 2 aromatic rings. The van der Waals surface area contributed by atoms with Crippen molar-refractivity contribution in [2.45, 2.75) is 45.9 Å². The Morgan fingerprint density at radius 3 is 2.86 bits per heavy atom. The molecule has 1 saturated heterocycles. The molecule has 22 heavy (non-hydrogen) atoms. The summed E-state index contributed by atoms with van der Waals surface area (Å²) in [6.07, 6.45) is 3.49. The summed E-state index contributed by atoms with van der Waals surface area (Å²) < 4.78 is 7.45. The molecule has 0 N–H and O–H groups in total. The average molecular weight is 302 g/mol. The van der Waals surface area contributed by atoms with E-state index in [0.29, 0.717) is 18.7 Å². The summed E-state index contributed by atoms with van der Waals surface area (Å²) in [4.78, 5) is 19.1. The van der Waals surface area contributed by atoms with Crippen LogP contribution >= 0.6 is 0 Å². The van der Waals surface area contributed by atoms with Crippen LogP contribution in [0.4, 0.5) is 0 Å². The number of carbonyl (C=O) groups excluding carboxylic acids is 1. The van der Waals surface area contributed by atoms with E-state index in [0.717, 1.165) is 11.0 Å². The van der Waals surface area contributed by atoms with E-state index in [4.69, 9.17) is 4.74 Å². The number of hydrogen-bond donors (Lipinski definition) is 0. The fraction of sp³-hybridized carbons (Fsp3) is 0.562. The van der Waals surface area contributed by atoms with Crippen molar-refractivity contribution in [1.82, 2.24) is 19.7 Å². The van der Waals surface area contributed by atoms with Crippen molar-refractivity contribution in [3.05, 3.63) is 24.0 Å². The molecule has 1 fully saturated rings. The van der Waals surface area contributed by atoms with Crippen molar-refractivity contribution in [3.8, 4) is 0 Å². The van der Waals surface area contributed by atoms with Crippen molar-refractivity contribution in [2.24, 2.45) is 0 Å². The lowest BCUT2D eigenvalue weighted by Crippen LogP contribution is -2.50. The summed E-state index contributed by atoms with van der Waals surface area (Å²) in [5.41, 5.74) is 1.42. The van der Waals surface area contributed by atoms with Gasteiger partial charge in [-0.15, -0.1) is 0 Å². The van der Waals surface area contributed by atoms with Gasteiger partial charge in [0.15, 0.2) is 5.65 Å². The second kappa shape index (κ2) is 5.68. The Bertz CT molecular complexity index is 695. The third-order valence-corrected chi connectivity index (χ3v) is 4.04. The minimum absolute atomic E-state index is 0.00865. The Hall–Kier alpha value is -1.95. The van der Waals surface area contributed by atoms with Gasteiger partial charge in [-0.05, 0) is 33.8 Å². The monoisotopic (exact) mass is 302 g/mol. The molecule has 0 radical (unpaired) electrons. The van der Waals surface area contributed by atoms with Gasteiger partial charge in [-0.3, -0.25) is 4.79 Å². The van der Waals surface area contributed by atoms with Crippen LogP contribution in [-0.2, 0) is 4.74 Å². The highest BCUT2D eigenvalue weighted by Crippen LogP contribution is 2.20. The zero-order valence-corrected chi connectivity index (χ0v) is 13.5. The first kappa shape index (κ1) is 15.0. The second-order valence-corrected chi connectivity index (χ2v) is 6.27. The van der Waals surface area contributed by atoms with E-state index in [-0.39, 0.29) is 24.1 Å². The minimum atomic E-state index is 0.00865. The molecule has 2 aromatic heterocycles. The van der Waals surface area contributed by atoms with Gasteiger partial charge < -0.3 is 9.64 Å². The zero-order valence-electron chi connectivity index (χ0n) is 13.5. The van der Waals surface area contributed by atoms with Crippen molar-refractivity contribution in [1.29, 1.82) is 0 Å². The van der Waals surface area contributed by atoms with Crippen molar-refractivity contribution in [2.75, 3.05) is 13.2 Å². The molecule has 1 amide bonds. The van der Waals surface area contributed by atoms with Crippen molar-refractivity contribution in [3.63, 3.8) is 0 Å². The molecule has 0 bridgehead atoms. The number of pyridine rings is 1. The maximum atomic E-state index is 12.7. The first-order chi connectivity index (χ1) is 10.5. The molecule has 0 spiro atoms. The van der Waals surface area contributed by atoms with Crippen molar-refractivity contribution >= 4 is 16.9 Å². The fourth-order valence-corrected chi connectivity index (χ4v) is 2.79. The number of morpholine rings is 1. The van der Waals surface area contributed by atoms with Gasteiger partial charge in [-0.2, -0.15) is 5.10 Å². The summed E-state index contributed by atoms with van der Waals surface area (Å²) in [6.45, 7) is 9.30. The smallest absolute Gasteiger partial charge is 0.255 e. The lowest BCUT2D eigenvalue weighted by Gasteiger charge is -2.36. The van der Waals surface area contributed by atoms with Crippen LogP contribution in [0.25, 0.3) is 11.0 Å². The first-order valence-electron chi connectivity index (χ1n) is 7.73. The standard InChI is InChI=1S/C16H22N4O2/c1-10(2)20-15-13(7-18-20)5-14(6-17-15)16(21)19-8-12(4)22-9-11(19)3/h5-7,10-12H,8-9H2,1-4H3. The van der Waals surface area contributed by atoms with E-state index in [1.807, 2.05) is 29.5 Å². The second-order valence-electron chi connectivity index (χ2n) is 6.27. The fourth-order valence-electron chi connectivity index (χ4n) is 2.79. The summed E-state index contributed by atoms with van der Waals surface area (Å²) >= 11 is 0. The maximum absolute atomic E-state index is 12.7. The van der Waals surface area contributed by atoms with E-state index < -0.39 is 0 Å². The molecule has 3 rings (SSSR count). The van der Waals surface area contributed by atoms with E-state index in [2.05, 4.69) is 23.9 Å². The summed E-state index contributed by atoms with van der Waals surface area (Å²) in [5, 5.41) is 5.24. The molecule has 2 atom stereocenters. The molecule has 6 heteroatoms. The van der Waals surface area contributed by atoms with Crippen LogP contribution in [0.2, 0.25) is 0 Å². The van der Waals surface area contributed by atoms with Crippen LogP contribution in [-0.4, -0.2) is 50.9 Å². The van der Waals surface area contributed by atoms with Crippen LogP contribution in [0.15, 0.2) is 18.5 Å². The predicted octanol–water partition coefficient (Wildman–Crippen LogP) is 2.26. The number of ether oxygens (including phenoxy) is 1. The third kappa shape index (κ3) is 2.59. The summed E-state index contributed by atoms with van der Waals surface area (Å²) in [6, 6.07) is 2.20. The molecular formula is C16H22N4O2. The van der Waals surface area contributed by atoms with Crippen molar-refractivity contribution < 1.29 is 9.53 Å². The van der Waals surface area contributed by atoms with Gasteiger partial charge in [-0.1, -0.05) is 0 Å². The highest BCUT2D eigenvalue weighted by Gasteiger charge is 2.28. The van der Waals surface area contributed by atoms with Gasteiger partial charge in [0.1, 0.15) is 0 Å². The number of carbonyl (C=O) groups is 1. The molecule has 1 aliphatic heterocycles. The molecular weight excluding hydrogens is 280 g/mol. The van der Waals surface area contributed by atoms with Crippen LogP contribution in [0.5, 0.6) is 0 Å². The highest BCUT2D eigenvalue weighted by atomic mass is 16.5. The van der Waals surface area contributed by atoms with E-state index in [1.165, 1.54) is 0 Å². The van der Waals surface area contributed by atoms with Gasteiger partial charge in [0, 0.05) is 24.2 Å². The Morgan fingerprint density at radius 2 is 2.14 bits per heavy atom. The topological polar surface area (TPSA) is 60.2 Å². The van der Waals surface area contributed by atoms with E-state index >= 15 is 0 Å². The van der Waals surface area contributed by atoms with E-state index in [1.54, 1.807) is 12.4 Å². The predicted molar refractivity (Wildman–Crippen MR) is 83.8 cm³/mol. The Labute approximate surface area is 130 Å². The van der Waals surface area contributed by atoms with Crippen LogP contribution in [0.1, 0.15) is 44.1 Å². The lowest BCUT2D eigenvalue weighted by molar-refractivity contribution is -0.0387. The molecule has 0 saturated carbocycles. The van der Waals surface area contributed by atoms with Crippen LogP contribution < -0.4 is 0 Å². The normalized spacial score (nSPS) is 22.5. The summed E-state index contributed by atoms with van der Waals surface area (Å²) in [5.74, 6) is 0.00865. The Morgan fingerprint density at radius 1 is 1.36 bits per heavy atom. The molecule has 0 aliphatic carbocycles. The Kier molecular flexibility index (Phi) is 3.87. The van der Waals surface area contributed by atoms with E-state index in [9.17, 15) is 4.79 Å². The molecule has 1 aliphatic rings. The van der Waals surface area contributed by atoms with Gasteiger partial charge in [0.2, 0.25) is 0 Å². The van der Waals surface area contributed by atoms with Gasteiger partial charge >= 0.3 is 0 Å². The molecule has 118 valence electrons. The molecule has 2 unspecified atom stereocenters. The Balaban J connectivity index is 1.91. The average Bonchev–Trinajstić information content (AvgIpc) is 2.92. The lowest BCUT2D eigenvalue weighted by atomic mass is 10.1. The van der Waals surface area contributed by atoms with Gasteiger partial charge in [0.05, 0.1) is 30.5 Å².